The van der Waals surface area contributed by atoms with Gasteiger partial charge in [0.1, 0.15) is 29.5 Å². The summed E-state index contributed by atoms with van der Waals surface area (Å²) in [5.74, 6) is -2.18. The number of pyridine rings is 1. The molecule has 4 N–H and O–H groups in total. The molecule has 282 valence electrons. The number of ether oxygens (including phenoxy) is 2. The highest BCUT2D eigenvalue weighted by atomic mass is 32.2. The minimum atomic E-state index is -3.91. The fraction of sp³-hybridized carbons (Fsp3) is 0.541. The first kappa shape index (κ1) is 38.6. The predicted octanol–water partition coefficient (Wildman–Crippen LogP) is 3.92. The number of sulfonamides is 1. The number of hydrogen-bond acceptors (Lipinski definition) is 9. The number of allylic oxidation sites excluding steroid dienone is 1. The van der Waals surface area contributed by atoms with Gasteiger partial charge in [-0.15, -0.1) is 13.2 Å². The molecule has 1 aromatic carbocycles. The third-order valence-electron chi connectivity index (χ3n) is 10.1. The number of nitrogens with one attached hydrogen (secondary N) is 3. The number of rotatable bonds is 18. The summed E-state index contributed by atoms with van der Waals surface area (Å²) >= 11 is 0. The fourth-order valence-electron chi connectivity index (χ4n) is 7.11. The summed E-state index contributed by atoms with van der Waals surface area (Å²) < 4.78 is 39.6. The van der Waals surface area contributed by atoms with Crippen LogP contribution in [0.25, 0.3) is 10.8 Å². The standard InChI is InChI=1S/C37H49N5O9S/c1-6-9-12-22(4)17-23(5)31(39-36(46)47)34(44)42-21-25(51-33-28-14-11-10-13-27(28)30(20-38-33)50-8-3)18-29(42)32(43)40-37(19-24(37)7-2)35(45)41-52(48,49)26-15-16-26/h6-7,10-11,13-14,20,22-26,29,31,39H,1-2,8-9,12,15-19,21H2,3-5H3,(H,40,43)(H,41,45)(H,46,47)/t22?,23-,24+,25-,29-,31?,37-/m1/s1. The van der Waals surface area contributed by atoms with Gasteiger partial charge in [0.15, 0.2) is 0 Å². The molecule has 2 heterocycles. The maximum absolute atomic E-state index is 14.4. The number of aromatic nitrogens is 1. The first-order chi connectivity index (χ1) is 24.7. The lowest BCUT2D eigenvalue weighted by Crippen LogP contribution is -2.59. The summed E-state index contributed by atoms with van der Waals surface area (Å²) in [7, 11) is -3.91. The van der Waals surface area contributed by atoms with Gasteiger partial charge in [-0.05, 0) is 63.4 Å². The summed E-state index contributed by atoms with van der Waals surface area (Å²) in [5.41, 5.74) is -1.58. The predicted molar refractivity (Wildman–Crippen MR) is 194 cm³/mol. The van der Waals surface area contributed by atoms with Gasteiger partial charge >= 0.3 is 6.09 Å². The lowest BCUT2D eigenvalue weighted by molar-refractivity contribution is -0.142. The van der Waals surface area contributed by atoms with Gasteiger partial charge in [-0.25, -0.2) is 18.2 Å². The number of carbonyl (C=O) groups is 4. The Morgan fingerprint density at radius 3 is 2.48 bits per heavy atom. The van der Waals surface area contributed by atoms with E-state index in [9.17, 15) is 32.7 Å². The second-order valence-corrected chi connectivity index (χ2v) is 16.1. The van der Waals surface area contributed by atoms with Crippen molar-refractivity contribution < 1.29 is 42.2 Å². The number of fused-ring (bicyclic) bond motifs is 1. The number of carboxylic acid groups (broad SMARTS) is 1. The molecule has 4 amide bonds. The number of likely N-dealkylation sites (tertiary alicyclic amines) is 1. The van der Waals surface area contributed by atoms with Crippen LogP contribution in [0.5, 0.6) is 11.6 Å². The number of carbonyl (C=O) groups excluding carboxylic acids is 3. The van der Waals surface area contributed by atoms with Crippen LogP contribution in [0, 0.1) is 17.8 Å². The Hall–Kier alpha value is -4.66. The van der Waals surface area contributed by atoms with E-state index in [1.807, 2.05) is 38.1 Å². The molecule has 0 bridgehead atoms. The Morgan fingerprint density at radius 1 is 1.15 bits per heavy atom. The third kappa shape index (κ3) is 8.51. The fourth-order valence-corrected chi connectivity index (χ4v) is 8.47. The molecule has 1 aromatic heterocycles. The zero-order chi connectivity index (χ0) is 37.8. The van der Waals surface area contributed by atoms with Gasteiger partial charge in [0.05, 0.1) is 24.6 Å². The number of hydrogen-bond donors (Lipinski definition) is 4. The molecule has 2 aromatic rings. The smallest absolute Gasteiger partial charge is 0.405 e. The highest BCUT2D eigenvalue weighted by Gasteiger charge is 2.62. The summed E-state index contributed by atoms with van der Waals surface area (Å²) in [5, 5.41) is 15.7. The van der Waals surface area contributed by atoms with Crippen molar-refractivity contribution >= 4 is 44.6 Å². The van der Waals surface area contributed by atoms with E-state index in [2.05, 4.69) is 33.5 Å². The molecule has 14 nitrogen and oxygen atoms in total. The summed E-state index contributed by atoms with van der Waals surface area (Å²) in [6, 6.07) is 5.00. The minimum absolute atomic E-state index is 0.0124. The van der Waals surface area contributed by atoms with Crippen molar-refractivity contribution in [2.75, 3.05) is 13.2 Å². The van der Waals surface area contributed by atoms with Crippen LogP contribution in [0.15, 0.2) is 55.8 Å². The molecule has 1 aliphatic heterocycles. The van der Waals surface area contributed by atoms with Crippen LogP contribution in [-0.4, -0.2) is 89.4 Å². The molecule has 0 spiro atoms. The van der Waals surface area contributed by atoms with Gasteiger partial charge in [0.25, 0.3) is 5.91 Å². The second kappa shape index (κ2) is 15.9. The molecule has 3 fully saturated rings. The summed E-state index contributed by atoms with van der Waals surface area (Å²) in [4.78, 5) is 59.9. The van der Waals surface area contributed by atoms with E-state index in [4.69, 9.17) is 9.47 Å². The lowest BCUT2D eigenvalue weighted by Gasteiger charge is -2.32. The highest BCUT2D eigenvalue weighted by Crippen LogP contribution is 2.45. The van der Waals surface area contributed by atoms with E-state index in [1.54, 1.807) is 19.2 Å². The zero-order valence-electron chi connectivity index (χ0n) is 29.9. The highest BCUT2D eigenvalue weighted by molar-refractivity contribution is 7.91. The average molecular weight is 740 g/mol. The molecule has 2 aliphatic carbocycles. The van der Waals surface area contributed by atoms with E-state index in [0.29, 0.717) is 37.0 Å². The minimum Gasteiger partial charge on any atom is -0.492 e. The average Bonchev–Trinajstić information content (AvgIpc) is 4.03. The molecule has 0 radical (unpaired) electrons. The van der Waals surface area contributed by atoms with Crippen molar-refractivity contribution in [3.05, 3.63) is 55.8 Å². The quantitative estimate of drug-likeness (QED) is 0.163. The van der Waals surface area contributed by atoms with E-state index in [-0.39, 0.29) is 31.2 Å². The Morgan fingerprint density at radius 2 is 1.87 bits per heavy atom. The Labute approximate surface area is 304 Å². The number of benzene rings is 1. The molecular weight excluding hydrogens is 691 g/mol. The molecule has 15 heteroatoms. The van der Waals surface area contributed by atoms with Crippen LogP contribution in [0.3, 0.4) is 0 Å². The molecule has 3 aliphatic rings. The van der Waals surface area contributed by atoms with Crippen LogP contribution in [0.2, 0.25) is 0 Å². The van der Waals surface area contributed by atoms with Crippen molar-refractivity contribution in [2.45, 2.75) is 94.7 Å². The van der Waals surface area contributed by atoms with E-state index >= 15 is 0 Å². The largest absolute Gasteiger partial charge is 0.492 e. The second-order valence-electron chi connectivity index (χ2n) is 14.2. The van der Waals surface area contributed by atoms with Crippen LogP contribution in [-0.2, 0) is 24.4 Å². The van der Waals surface area contributed by atoms with Crippen molar-refractivity contribution in [2.24, 2.45) is 17.8 Å². The molecule has 7 atom stereocenters. The molecule has 52 heavy (non-hydrogen) atoms. The van der Waals surface area contributed by atoms with Gasteiger partial charge in [-0.3, -0.25) is 19.1 Å². The van der Waals surface area contributed by atoms with Crippen molar-refractivity contribution in [1.29, 1.82) is 0 Å². The third-order valence-corrected chi connectivity index (χ3v) is 12.0. The van der Waals surface area contributed by atoms with Crippen molar-refractivity contribution in [3.8, 4) is 11.6 Å². The monoisotopic (exact) mass is 739 g/mol. The normalized spacial score (nSPS) is 24.2. The Kier molecular flexibility index (Phi) is 11.8. The Balaban J connectivity index is 1.44. The van der Waals surface area contributed by atoms with E-state index in [0.717, 1.165) is 18.2 Å². The van der Waals surface area contributed by atoms with Crippen LogP contribution >= 0.6 is 0 Å². The maximum Gasteiger partial charge on any atom is 0.405 e. The van der Waals surface area contributed by atoms with Gasteiger partial charge in [0.2, 0.25) is 27.7 Å². The van der Waals surface area contributed by atoms with Crippen LogP contribution < -0.4 is 24.8 Å². The van der Waals surface area contributed by atoms with E-state index < -0.39 is 74.7 Å². The van der Waals surface area contributed by atoms with Gasteiger partial charge in [-0.1, -0.05) is 44.2 Å². The Bertz CT molecular complexity index is 1820. The molecule has 1 saturated heterocycles. The topological polar surface area (TPSA) is 193 Å². The lowest BCUT2D eigenvalue weighted by atomic mass is 9.88. The first-order valence-corrected chi connectivity index (χ1v) is 19.4. The summed E-state index contributed by atoms with van der Waals surface area (Å²) in [6.45, 7) is 13.5. The maximum atomic E-state index is 14.4. The summed E-state index contributed by atoms with van der Waals surface area (Å²) in [6.07, 6.45) is 5.80. The van der Waals surface area contributed by atoms with Gasteiger partial charge in [-0.2, -0.15) is 0 Å². The molecule has 5 rings (SSSR count). The number of nitrogens with zero attached hydrogens (tertiary/aromatic N) is 2. The molecule has 2 saturated carbocycles. The number of amides is 4. The van der Waals surface area contributed by atoms with Gasteiger partial charge in [0, 0.05) is 23.1 Å². The first-order valence-electron chi connectivity index (χ1n) is 17.8. The van der Waals surface area contributed by atoms with Crippen molar-refractivity contribution in [1.82, 2.24) is 25.2 Å². The van der Waals surface area contributed by atoms with Crippen LogP contribution in [0.4, 0.5) is 4.79 Å². The van der Waals surface area contributed by atoms with Crippen molar-refractivity contribution in [3.63, 3.8) is 0 Å². The van der Waals surface area contributed by atoms with Gasteiger partial charge < -0.3 is 30.1 Å². The van der Waals surface area contributed by atoms with Crippen LogP contribution in [0.1, 0.15) is 65.7 Å². The molecular formula is C37H49N5O9S. The van der Waals surface area contributed by atoms with E-state index in [1.165, 1.54) is 11.0 Å². The molecule has 2 unspecified atom stereocenters. The zero-order valence-corrected chi connectivity index (χ0v) is 30.7. The SMILES string of the molecule is C=CCCC(C)C[C@@H](C)C(NC(=O)O)C(=O)N1C[C@H](Oc2ncc(OCC)c3ccccc23)C[C@@H]1C(=O)N[C@]1(C(=O)NS(=O)(=O)C2CC2)C[C@@H]1C=C.